The van der Waals surface area contributed by atoms with E-state index in [9.17, 15) is 15.3 Å². The zero-order chi connectivity index (χ0) is 17.8. The summed E-state index contributed by atoms with van der Waals surface area (Å²) in [7, 11) is 0. The van der Waals surface area contributed by atoms with Crippen LogP contribution in [0.3, 0.4) is 0 Å². The molecule has 0 aliphatic heterocycles. The van der Waals surface area contributed by atoms with Crippen molar-refractivity contribution in [2.75, 3.05) is 0 Å². The van der Waals surface area contributed by atoms with Crippen molar-refractivity contribution >= 4 is 32.8 Å². The number of pyridine rings is 2. The Bertz CT molecular complexity index is 1230. The lowest BCUT2D eigenvalue weighted by Crippen LogP contribution is -1.86. The summed E-state index contributed by atoms with van der Waals surface area (Å²) < 4.78 is 0. The first-order chi connectivity index (χ1) is 12.6. The maximum absolute atomic E-state index is 10.2. The minimum atomic E-state index is -0.272. The standard InChI is InChI=1S/C19H12N4O3/c24-9-7-12(25)14(13(26)8-9)19-22-17-10-3-1-5-20-15(10)16-11(18(17)23-19)4-2-6-21-16/h1-8,24-26H,(H,22,23). The summed E-state index contributed by atoms with van der Waals surface area (Å²) >= 11 is 0. The summed E-state index contributed by atoms with van der Waals surface area (Å²) in [6.07, 6.45) is 3.41. The molecular weight excluding hydrogens is 332 g/mol. The van der Waals surface area contributed by atoms with Crippen molar-refractivity contribution in [2.24, 2.45) is 0 Å². The summed E-state index contributed by atoms with van der Waals surface area (Å²) in [4.78, 5) is 16.6. The number of H-pyrrole nitrogens is 1. The number of aromatic nitrogens is 4. The molecule has 26 heavy (non-hydrogen) atoms. The maximum Gasteiger partial charge on any atom is 0.146 e. The van der Waals surface area contributed by atoms with E-state index in [1.165, 1.54) is 0 Å². The van der Waals surface area contributed by atoms with Crippen LogP contribution in [-0.2, 0) is 0 Å². The molecule has 0 radical (unpaired) electrons. The van der Waals surface area contributed by atoms with E-state index in [1.807, 2.05) is 24.3 Å². The Morgan fingerprint density at radius 3 is 2.08 bits per heavy atom. The average Bonchev–Trinajstić information content (AvgIpc) is 3.06. The molecule has 7 heteroatoms. The van der Waals surface area contributed by atoms with E-state index in [-0.39, 0.29) is 28.6 Å². The van der Waals surface area contributed by atoms with Crippen LogP contribution in [0, 0.1) is 0 Å². The molecule has 0 fully saturated rings. The van der Waals surface area contributed by atoms with Crippen molar-refractivity contribution in [3.63, 3.8) is 0 Å². The molecule has 5 aromatic rings. The number of aromatic amines is 1. The molecule has 126 valence electrons. The normalized spacial score (nSPS) is 11.5. The van der Waals surface area contributed by atoms with Gasteiger partial charge in [-0.2, -0.15) is 0 Å². The highest BCUT2D eigenvalue weighted by Crippen LogP contribution is 2.41. The molecule has 0 saturated heterocycles. The number of nitrogens with one attached hydrogen (secondary N) is 1. The van der Waals surface area contributed by atoms with E-state index in [0.717, 1.165) is 39.5 Å². The molecule has 0 saturated carbocycles. The molecule has 0 bridgehead atoms. The first-order valence-corrected chi connectivity index (χ1v) is 7.90. The highest BCUT2D eigenvalue weighted by atomic mass is 16.3. The molecule has 0 spiro atoms. The summed E-state index contributed by atoms with van der Waals surface area (Å²) in [6, 6.07) is 9.77. The van der Waals surface area contributed by atoms with E-state index >= 15 is 0 Å². The van der Waals surface area contributed by atoms with Gasteiger partial charge >= 0.3 is 0 Å². The molecule has 2 aromatic carbocycles. The topological polar surface area (TPSA) is 115 Å². The Labute approximate surface area is 146 Å². The van der Waals surface area contributed by atoms with Gasteiger partial charge in [0.1, 0.15) is 28.6 Å². The molecule has 7 nitrogen and oxygen atoms in total. The SMILES string of the molecule is Oc1cc(O)c(-c2nc3c4cccnc4c4ncccc4c3[nH]2)c(O)c1. The minimum Gasteiger partial charge on any atom is -0.508 e. The average molecular weight is 344 g/mol. The molecule has 0 atom stereocenters. The first-order valence-electron chi connectivity index (χ1n) is 7.90. The van der Waals surface area contributed by atoms with Gasteiger partial charge in [-0.05, 0) is 24.3 Å². The number of phenols is 3. The van der Waals surface area contributed by atoms with Crippen molar-refractivity contribution < 1.29 is 15.3 Å². The number of fused-ring (bicyclic) bond motifs is 6. The zero-order valence-corrected chi connectivity index (χ0v) is 13.3. The van der Waals surface area contributed by atoms with Gasteiger partial charge in [0.05, 0.1) is 22.1 Å². The Balaban J connectivity index is 1.95. The van der Waals surface area contributed by atoms with Crippen LogP contribution in [0.1, 0.15) is 0 Å². The molecule has 5 rings (SSSR count). The lowest BCUT2D eigenvalue weighted by Gasteiger charge is -2.04. The third-order valence-electron chi connectivity index (χ3n) is 4.39. The predicted octanol–water partition coefficient (Wildman–Crippen LogP) is 3.44. The Hall–Kier alpha value is -3.87. The van der Waals surface area contributed by atoms with Crippen LogP contribution in [-0.4, -0.2) is 35.3 Å². The van der Waals surface area contributed by atoms with E-state index in [1.54, 1.807) is 12.4 Å². The van der Waals surface area contributed by atoms with Crippen LogP contribution in [0.15, 0.2) is 48.8 Å². The van der Waals surface area contributed by atoms with Crippen molar-refractivity contribution in [1.29, 1.82) is 0 Å². The van der Waals surface area contributed by atoms with Crippen LogP contribution in [0.5, 0.6) is 17.2 Å². The molecule has 4 N–H and O–H groups in total. The van der Waals surface area contributed by atoms with E-state index in [2.05, 4.69) is 19.9 Å². The quantitative estimate of drug-likeness (QED) is 0.346. The fraction of sp³-hybridized carbons (Fsp3) is 0. The van der Waals surface area contributed by atoms with Gasteiger partial charge in [0.15, 0.2) is 0 Å². The van der Waals surface area contributed by atoms with E-state index < -0.39 is 0 Å². The van der Waals surface area contributed by atoms with Gasteiger partial charge in [0.2, 0.25) is 0 Å². The number of imidazole rings is 1. The Morgan fingerprint density at radius 1 is 0.769 bits per heavy atom. The lowest BCUT2D eigenvalue weighted by atomic mass is 10.1. The maximum atomic E-state index is 10.2. The van der Waals surface area contributed by atoms with Gasteiger partial charge < -0.3 is 20.3 Å². The number of aromatic hydroxyl groups is 3. The zero-order valence-electron chi connectivity index (χ0n) is 13.3. The number of hydrogen-bond acceptors (Lipinski definition) is 6. The molecule has 3 heterocycles. The summed E-state index contributed by atoms with van der Waals surface area (Å²) in [6.45, 7) is 0. The molecule has 0 unspecified atom stereocenters. The van der Waals surface area contributed by atoms with Crippen LogP contribution >= 0.6 is 0 Å². The number of benzene rings is 2. The van der Waals surface area contributed by atoms with Gasteiger partial charge in [-0.3, -0.25) is 9.97 Å². The monoisotopic (exact) mass is 344 g/mol. The highest BCUT2D eigenvalue weighted by Gasteiger charge is 2.19. The second kappa shape index (κ2) is 5.06. The third kappa shape index (κ3) is 1.91. The van der Waals surface area contributed by atoms with Gasteiger partial charge in [-0.15, -0.1) is 0 Å². The first kappa shape index (κ1) is 14.5. The van der Waals surface area contributed by atoms with Gasteiger partial charge in [-0.25, -0.2) is 4.98 Å². The Morgan fingerprint density at radius 2 is 1.38 bits per heavy atom. The van der Waals surface area contributed by atoms with Crippen LogP contribution in [0.4, 0.5) is 0 Å². The number of nitrogens with zero attached hydrogens (tertiary/aromatic N) is 3. The van der Waals surface area contributed by atoms with Crippen LogP contribution in [0.25, 0.3) is 44.2 Å². The van der Waals surface area contributed by atoms with Crippen molar-refractivity contribution in [1.82, 2.24) is 19.9 Å². The number of hydrogen-bond donors (Lipinski definition) is 4. The smallest absolute Gasteiger partial charge is 0.146 e. The highest BCUT2D eigenvalue weighted by molar-refractivity contribution is 6.21. The molecule has 0 aliphatic carbocycles. The lowest BCUT2D eigenvalue weighted by molar-refractivity contribution is 0.430. The molecule has 0 aliphatic rings. The second-order valence-corrected chi connectivity index (χ2v) is 5.97. The van der Waals surface area contributed by atoms with Crippen LogP contribution < -0.4 is 0 Å². The number of rotatable bonds is 1. The fourth-order valence-corrected chi connectivity index (χ4v) is 3.30. The molecular formula is C19H12N4O3. The second-order valence-electron chi connectivity index (χ2n) is 5.97. The summed E-state index contributed by atoms with van der Waals surface area (Å²) in [5.41, 5.74) is 2.98. The minimum absolute atomic E-state index is 0.119. The molecule has 0 amide bonds. The van der Waals surface area contributed by atoms with Gasteiger partial charge in [0, 0.05) is 35.3 Å². The van der Waals surface area contributed by atoms with Crippen molar-refractivity contribution in [3.8, 4) is 28.6 Å². The van der Waals surface area contributed by atoms with Gasteiger partial charge in [-0.1, -0.05) is 0 Å². The summed E-state index contributed by atoms with van der Waals surface area (Å²) in [5, 5.41) is 31.5. The van der Waals surface area contributed by atoms with Crippen LogP contribution in [0.2, 0.25) is 0 Å². The Kier molecular flexibility index (Phi) is 2.82. The predicted molar refractivity (Wildman–Crippen MR) is 97.1 cm³/mol. The fourth-order valence-electron chi connectivity index (χ4n) is 3.30. The molecule has 3 aromatic heterocycles. The largest absolute Gasteiger partial charge is 0.508 e. The third-order valence-corrected chi connectivity index (χ3v) is 4.39. The van der Waals surface area contributed by atoms with E-state index in [0.29, 0.717) is 5.52 Å². The summed E-state index contributed by atoms with van der Waals surface area (Å²) in [5.74, 6) is -0.487. The van der Waals surface area contributed by atoms with Gasteiger partial charge in [0.25, 0.3) is 0 Å². The van der Waals surface area contributed by atoms with Crippen molar-refractivity contribution in [3.05, 3.63) is 48.8 Å². The van der Waals surface area contributed by atoms with Crippen molar-refractivity contribution in [2.45, 2.75) is 0 Å². The number of phenolic OH excluding ortho intramolecular Hbond substituents is 3. The van der Waals surface area contributed by atoms with E-state index in [4.69, 9.17) is 0 Å².